The number of urea groups is 1. The highest BCUT2D eigenvalue weighted by Crippen LogP contribution is 2.24. The average Bonchev–Trinajstić information content (AvgIpc) is 2.68. The normalized spacial score (nSPS) is 15.6. The van der Waals surface area contributed by atoms with Gasteiger partial charge in [0.05, 0.1) is 0 Å². The highest BCUT2D eigenvalue weighted by atomic mass is 19.1. The average molecular weight is 369 g/mol. The first kappa shape index (κ1) is 19.4. The molecule has 1 heterocycles. The molecule has 27 heavy (non-hydrogen) atoms. The van der Waals surface area contributed by atoms with Gasteiger partial charge in [0.15, 0.2) is 0 Å². The van der Waals surface area contributed by atoms with Crippen molar-refractivity contribution >= 4 is 6.03 Å². The lowest BCUT2D eigenvalue weighted by molar-refractivity contribution is 0.134. The van der Waals surface area contributed by atoms with Crippen molar-refractivity contribution in [2.75, 3.05) is 32.7 Å². The van der Waals surface area contributed by atoms with Crippen LogP contribution in [0.5, 0.6) is 0 Å². The van der Waals surface area contributed by atoms with Crippen LogP contribution in [0, 0.1) is 5.82 Å². The van der Waals surface area contributed by atoms with Gasteiger partial charge in [-0.05, 0) is 17.2 Å². The Bertz CT molecular complexity index is 755. The number of carbonyl (C=O) groups excluding carboxylic acids is 1. The van der Waals surface area contributed by atoms with E-state index in [9.17, 15) is 9.18 Å². The van der Waals surface area contributed by atoms with Crippen molar-refractivity contribution in [2.24, 2.45) is 0 Å². The predicted molar refractivity (Wildman–Crippen MR) is 106 cm³/mol. The molecule has 1 aliphatic heterocycles. The minimum atomic E-state index is -0.462. The molecule has 4 nitrogen and oxygen atoms in total. The molecule has 0 aliphatic carbocycles. The van der Waals surface area contributed by atoms with Gasteiger partial charge in [-0.1, -0.05) is 62.4 Å². The van der Waals surface area contributed by atoms with Crippen molar-refractivity contribution in [3.05, 3.63) is 71.5 Å². The Morgan fingerprint density at radius 1 is 1.00 bits per heavy atom. The predicted octanol–water partition coefficient (Wildman–Crippen LogP) is 3.63. The minimum Gasteiger partial charge on any atom is -0.337 e. The first-order chi connectivity index (χ1) is 13.0. The van der Waals surface area contributed by atoms with E-state index in [2.05, 4.69) is 34.5 Å². The Morgan fingerprint density at radius 2 is 1.63 bits per heavy atom. The number of amides is 2. The Morgan fingerprint density at radius 3 is 2.30 bits per heavy atom. The van der Waals surface area contributed by atoms with Crippen molar-refractivity contribution < 1.29 is 9.18 Å². The van der Waals surface area contributed by atoms with Gasteiger partial charge in [-0.25, -0.2) is 9.18 Å². The van der Waals surface area contributed by atoms with Gasteiger partial charge in [0.2, 0.25) is 0 Å². The van der Waals surface area contributed by atoms with E-state index in [0.717, 1.165) is 19.6 Å². The zero-order valence-electron chi connectivity index (χ0n) is 16.1. The van der Waals surface area contributed by atoms with E-state index < -0.39 is 5.41 Å². The van der Waals surface area contributed by atoms with Gasteiger partial charge < -0.3 is 10.2 Å². The molecule has 1 aliphatic rings. The van der Waals surface area contributed by atoms with Crippen LogP contribution in [0.1, 0.15) is 25.0 Å². The van der Waals surface area contributed by atoms with Crippen LogP contribution < -0.4 is 5.32 Å². The molecule has 1 saturated heterocycles. The van der Waals surface area contributed by atoms with E-state index in [1.54, 1.807) is 12.1 Å². The molecule has 0 spiro atoms. The molecule has 1 fully saturated rings. The molecule has 0 aromatic heterocycles. The summed E-state index contributed by atoms with van der Waals surface area (Å²) < 4.78 is 14.1. The largest absolute Gasteiger partial charge is 0.337 e. The SMILES string of the molecule is CC(C)(CNC(=O)N1CCN(Cc2ccccc2)CC1)c1ccccc1F. The van der Waals surface area contributed by atoms with Gasteiger partial charge in [-0.2, -0.15) is 0 Å². The van der Waals surface area contributed by atoms with Crippen molar-refractivity contribution in [1.82, 2.24) is 15.1 Å². The van der Waals surface area contributed by atoms with Crippen LogP contribution in [-0.2, 0) is 12.0 Å². The van der Waals surface area contributed by atoms with E-state index in [-0.39, 0.29) is 11.8 Å². The highest BCUT2D eigenvalue weighted by molar-refractivity contribution is 5.74. The molecule has 5 heteroatoms. The number of hydrogen-bond donors (Lipinski definition) is 1. The molecular formula is C22H28FN3O. The fourth-order valence-corrected chi connectivity index (χ4v) is 3.46. The molecule has 2 aromatic rings. The lowest BCUT2D eigenvalue weighted by atomic mass is 9.84. The van der Waals surface area contributed by atoms with E-state index in [1.165, 1.54) is 11.6 Å². The van der Waals surface area contributed by atoms with Crippen molar-refractivity contribution in [3.63, 3.8) is 0 Å². The Kier molecular flexibility index (Phi) is 6.11. The minimum absolute atomic E-state index is 0.0706. The molecule has 3 rings (SSSR count). The molecule has 0 unspecified atom stereocenters. The van der Waals surface area contributed by atoms with E-state index >= 15 is 0 Å². The zero-order chi connectivity index (χ0) is 19.3. The summed E-state index contributed by atoms with van der Waals surface area (Å²) in [5, 5.41) is 2.98. The van der Waals surface area contributed by atoms with Gasteiger partial charge in [0, 0.05) is 44.7 Å². The summed E-state index contributed by atoms with van der Waals surface area (Å²) in [6.07, 6.45) is 0. The van der Waals surface area contributed by atoms with Gasteiger partial charge in [0.1, 0.15) is 5.82 Å². The van der Waals surface area contributed by atoms with Crippen molar-refractivity contribution in [1.29, 1.82) is 0 Å². The first-order valence-corrected chi connectivity index (χ1v) is 9.50. The fraction of sp³-hybridized carbons (Fsp3) is 0.409. The number of rotatable bonds is 5. The highest BCUT2D eigenvalue weighted by Gasteiger charge is 2.27. The molecule has 0 saturated carbocycles. The molecule has 0 bridgehead atoms. The maximum atomic E-state index is 14.1. The standard InChI is InChI=1S/C22H28FN3O/c1-22(2,19-10-6-7-11-20(19)23)17-24-21(27)26-14-12-25(13-15-26)16-18-8-4-3-5-9-18/h3-11H,12-17H2,1-2H3,(H,24,27). The summed E-state index contributed by atoms with van der Waals surface area (Å²) >= 11 is 0. The van der Waals surface area contributed by atoms with Crippen molar-refractivity contribution in [3.8, 4) is 0 Å². The van der Waals surface area contributed by atoms with Crippen LogP contribution >= 0.6 is 0 Å². The summed E-state index contributed by atoms with van der Waals surface area (Å²) in [5.74, 6) is -0.230. The maximum Gasteiger partial charge on any atom is 0.317 e. The number of piperazine rings is 1. The van der Waals surface area contributed by atoms with Crippen LogP contribution in [0.3, 0.4) is 0 Å². The summed E-state index contributed by atoms with van der Waals surface area (Å²) in [6.45, 7) is 8.34. The van der Waals surface area contributed by atoms with Crippen LogP contribution in [0.15, 0.2) is 54.6 Å². The third-order valence-electron chi connectivity index (χ3n) is 5.19. The molecular weight excluding hydrogens is 341 g/mol. The Labute approximate surface area is 161 Å². The van der Waals surface area contributed by atoms with Crippen LogP contribution in [-0.4, -0.2) is 48.6 Å². The second-order valence-corrected chi connectivity index (χ2v) is 7.77. The molecule has 2 aromatic carbocycles. The maximum absolute atomic E-state index is 14.1. The van der Waals surface area contributed by atoms with E-state index in [1.807, 2.05) is 30.9 Å². The number of nitrogens with one attached hydrogen (secondary N) is 1. The van der Waals surface area contributed by atoms with E-state index in [0.29, 0.717) is 25.2 Å². The zero-order valence-corrected chi connectivity index (χ0v) is 16.1. The third-order valence-corrected chi connectivity index (χ3v) is 5.19. The summed E-state index contributed by atoms with van der Waals surface area (Å²) in [5.41, 5.74) is 1.45. The molecule has 1 N–H and O–H groups in total. The Balaban J connectivity index is 1.47. The Hall–Kier alpha value is -2.40. The lowest BCUT2D eigenvalue weighted by Gasteiger charge is -2.35. The first-order valence-electron chi connectivity index (χ1n) is 9.50. The second-order valence-electron chi connectivity index (χ2n) is 7.77. The molecule has 0 atom stereocenters. The van der Waals surface area contributed by atoms with Gasteiger partial charge >= 0.3 is 6.03 Å². The van der Waals surface area contributed by atoms with E-state index in [4.69, 9.17) is 0 Å². The number of hydrogen-bond acceptors (Lipinski definition) is 2. The quantitative estimate of drug-likeness (QED) is 0.874. The number of halogens is 1. The fourth-order valence-electron chi connectivity index (χ4n) is 3.46. The van der Waals surface area contributed by atoms with Crippen molar-refractivity contribution in [2.45, 2.75) is 25.8 Å². The number of carbonyl (C=O) groups is 1. The molecule has 144 valence electrons. The van der Waals surface area contributed by atoms with Crippen LogP contribution in [0.25, 0.3) is 0 Å². The van der Waals surface area contributed by atoms with Crippen LogP contribution in [0.4, 0.5) is 9.18 Å². The second kappa shape index (κ2) is 8.53. The van der Waals surface area contributed by atoms with Gasteiger partial charge in [0.25, 0.3) is 0 Å². The van der Waals surface area contributed by atoms with Gasteiger partial charge in [-0.15, -0.1) is 0 Å². The van der Waals surface area contributed by atoms with Crippen LogP contribution in [0.2, 0.25) is 0 Å². The lowest BCUT2D eigenvalue weighted by Crippen LogP contribution is -2.52. The topological polar surface area (TPSA) is 35.6 Å². The monoisotopic (exact) mass is 369 g/mol. The summed E-state index contributed by atoms with van der Waals surface area (Å²) in [4.78, 5) is 16.7. The molecule has 0 radical (unpaired) electrons. The smallest absolute Gasteiger partial charge is 0.317 e. The summed E-state index contributed by atoms with van der Waals surface area (Å²) in [7, 11) is 0. The van der Waals surface area contributed by atoms with Gasteiger partial charge in [-0.3, -0.25) is 4.90 Å². The molecule has 2 amide bonds. The third kappa shape index (κ3) is 5.07. The summed E-state index contributed by atoms with van der Waals surface area (Å²) in [6, 6.07) is 17.1. The number of nitrogens with zero attached hydrogens (tertiary/aromatic N) is 2. The number of benzene rings is 2.